The molecular weight excluding hydrogens is 414 g/mol. The Morgan fingerprint density at radius 3 is 2.59 bits per heavy atom. The van der Waals surface area contributed by atoms with Crippen molar-refractivity contribution in [1.82, 2.24) is 5.32 Å². The van der Waals surface area contributed by atoms with Gasteiger partial charge in [-0.05, 0) is 25.1 Å². The van der Waals surface area contributed by atoms with Gasteiger partial charge in [-0.1, -0.05) is 42.0 Å². The summed E-state index contributed by atoms with van der Waals surface area (Å²) in [4.78, 5) is 50.9. The molecule has 162 valence electrons. The fourth-order valence-electron chi connectivity index (χ4n) is 4.78. The summed E-state index contributed by atoms with van der Waals surface area (Å²) in [5.41, 5.74) is -0.0673. The normalized spacial score (nSPS) is 27.7. The highest BCUT2D eigenvalue weighted by Gasteiger charge is 2.68. The predicted molar refractivity (Wildman–Crippen MR) is 113 cm³/mol. The first kappa shape index (κ1) is 20.1. The summed E-state index contributed by atoms with van der Waals surface area (Å²) < 4.78 is 6.01. The van der Waals surface area contributed by atoms with Crippen LogP contribution in [-0.2, 0) is 14.3 Å². The zero-order chi connectivity index (χ0) is 22.6. The van der Waals surface area contributed by atoms with Crippen LogP contribution in [0.15, 0.2) is 60.7 Å². The van der Waals surface area contributed by atoms with E-state index < -0.39 is 40.3 Å². The van der Waals surface area contributed by atoms with Crippen molar-refractivity contribution in [1.29, 1.82) is 0 Å². The van der Waals surface area contributed by atoms with Gasteiger partial charge in [0.05, 0.1) is 29.4 Å². The van der Waals surface area contributed by atoms with E-state index in [4.69, 9.17) is 4.74 Å². The number of carbonyl (C=O) groups excluding carboxylic acids is 3. The van der Waals surface area contributed by atoms with Crippen LogP contribution in [0.5, 0.6) is 0 Å². The molecule has 9 nitrogen and oxygen atoms in total. The van der Waals surface area contributed by atoms with Gasteiger partial charge in [-0.2, -0.15) is 0 Å². The minimum absolute atomic E-state index is 0.00236. The molecule has 0 aliphatic carbocycles. The van der Waals surface area contributed by atoms with Crippen LogP contribution in [0.2, 0.25) is 0 Å². The molecule has 1 N–H and O–H groups in total. The standard InChI is InChI=1S/C23H19N3O6/c1-13-6-8-14(9-7-13)20(27)24-12-23-11-10-17(32-23)18-19(23)22(29)25(21(18)28)15-4-2-3-5-16(15)26(30)31/h2-11,17-19H,12H2,1H3,(H,24,27)/t17-,18+,19+,23-/m1/s1. The first-order valence-corrected chi connectivity index (χ1v) is 10.2. The van der Waals surface area contributed by atoms with E-state index in [0.717, 1.165) is 10.5 Å². The van der Waals surface area contributed by atoms with Gasteiger partial charge in [0, 0.05) is 11.6 Å². The number of imide groups is 1. The highest BCUT2D eigenvalue weighted by molar-refractivity contribution is 6.24. The molecule has 2 bridgehead atoms. The smallest absolute Gasteiger partial charge is 0.293 e. The zero-order valence-electron chi connectivity index (χ0n) is 17.1. The third-order valence-electron chi connectivity index (χ3n) is 6.31. The third kappa shape index (κ3) is 2.85. The Labute approximate surface area is 182 Å². The number of benzene rings is 2. The lowest BCUT2D eigenvalue weighted by Gasteiger charge is -2.29. The third-order valence-corrected chi connectivity index (χ3v) is 6.31. The molecule has 3 aliphatic heterocycles. The number of nitrogens with zero attached hydrogens (tertiary/aromatic N) is 2. The van der Waals surface area contributed by atoms with Gasteiger partial charge in [0.25, 0.3) is 11.6 Å². The molecule has 2 aromatic rings. The average molecular weight is 433 g/mol. The number of hydrogen-bond acceptors (Lipinski definition) is 6. The van der Waals surface area contributed by atoms with Crippen molar-refractivity contribution in [3.63, 3.8) is 0 Å². The van der Waals surface area contributed by atoms with Crippen LogP contribution in [0.4, 0.5) is 11.4 Å². The Kier molecular flexibility index (Phi) is 4.45. The van der Waals surface area contributed by atoms with Crippen LogP contribution in [0.25, 0.3) is 0 Å². The molecule has 3 heterocycles. The van der Waals surface area contributed by atoms with Gasteiger partial charge in [0.15, 0.2) is 0 Å². The van der Waals surface area contributed by atoms with Crippen LogP contribution in [0.1, 0.15) is 15.9 Å². The van der Waals surface area contributed by atoms with Crippen LogP contribution in [0.3, 0.4) is 0 Å². The summed E-state index contributed by atoms with van der Waals surface area (Å²) >= 11 is 0. The summed E-state index contributed by atoms with van der Waals surface area (Å²) in [6.45, 7) is 1.92. The summed E-state index contributed by atoms with van der Waals surface area (Å²) in [5.74, 6) is -3.08. The number of rotatable bonds is 5. The molecule has 4 atom stereocenters. The first-order valence-electron chi connectivity index (χ1n) is 10.2. The van der Waals surface area contributed by atoms with Gasteiger partial charge in [-0.3, -0.25) is 24.5 Å². The van der Waals surface area contributed by atoms with Crippen LogP contribution in [0, 0.1) is 28.9 Å². The van der Waals surface area contributed by atoms with E-state index in [9.17, 15) is 24.5 Å². The number of amides is 3. The minimum atomic E-state index is -1.18. The molecule has 0 aromatic heterocycles. The van der Waals surface area contributed by atoms with E-state index in [0.29, 0.717) is 5.56 Å². The fraction of sp³-hybridized carbons (Fsp3) is 0.261. The molecule has 3 aliphatic rings. The van der Waals surface area contributed by atoms with E-state index in [1.165, 1.54) is 24.3 Å². The minimum Gasteiger partial charge on any atom is -0.360 e. The number of fused-ring (bicyclic) bond motifs is 5. The Bertz CT molecular complexity index is 1190. The maximum Gasteiger partial charge on any atom is 0.293 e. The van der Waals surface area contributed by atoms with Gasteiger partial charge in [-0.25, -0.2) is 4.90 Å². The van der Waals surface area contributed by atoms with Crippen LogP contribution >= 0.6 is 0 Å². The molecule has 5 rings (SSSR count). The van der Waals surface area contributed by atoms with Gasteiger partial charge in [0.1, 0.15) is 11.3 Å². The van der Waals surface area contributed by atoms with Crippen LogP contribution in [-0.4, -0.2) is 40.9 Å². The van der Waals surface area contributed by atoms with Crippen molar-refractivity contribution in [3.05, 3.63) is 81.9 Å². The topological polar surface area (TPSA) is 119 Å². The van der Waals surface area contributed by atoms with E-state index in [1.807, 2.05) is 19.1 Å². The van der Waals surface area contributed by atoms with Crippen LogP contribution < -0.4 is 10.2 Å². The molecule has 2 aromatic carbocycles. The van der Waals surface area contributed by atoms with Gasteiger partial charge in [0.2, 0.25) is 11.8 Å². The lowest BCUT2D eigenvalue weighted by molar-refractivity contribution is -0.384. The van der Waals surface area contributed by atoms with Gasteiger partial charge >= 0.3 is 0 Å². The average Bonchev–Trinajstić information content (AvgIpc) is 3.43. The van der Waals surface area contributed by atoms with E-state index in [1.54, 1.807) is 24.3 Å². The molecule has 0 radical (unpaired) electrons. The van der Waals surface area contributed by atoms with E-state index in [2.05, 4.69) is 5.32 Å². The number of nitro benzene ring substituents is 1. The number of nitrogens with one attached hydrogen (secondary N) is 1. The number of anilines is 1. The highest BCUT2D eigenvalue weighted by atomic mass is 16.6. The van der Waals surface area contributed by atoms with E-state index in [-0.39, 0.29) is 23.8 Å². The molecule has 0 saturated carbocycles. The Hall–Kier alpha value is -3.85. The Morgan fingerprint density at radius 1 is 1.16 bits per heavy atom. The second-order valence-electron chi connectivity index (χ2n) is 8.21. The van der Waals surface area contributed by atoms with Crippen molar-refractivity contribution in [3.8, 4) is 0 Å². The maximum atomic E-state index is 13.4. The Morgan fingerprint density at radius 2 is 1.88 bits per heavy atom. The van der Waals surface area contributed by atoms with Crippen molar-refractivity contribution < 1.29 is 24.0 Å². The molecule has 2 fully saturated rings. The molecule has 0 spiro atoms. The first-order chi connectivity index (χ1) is 15.3. The molecule has 32 heavy (non-hydrogen) atoms. The summed E-state index contributed by atoms with van der Waals surface area (Å²) in [6.07, 6.45) is 2.80. The molecule has 9 heteroatoms. The fourth-order valence-corrected chi connectivity index (χ4v) is 4.78. The number of para-hydroxylation sites is 2. The van der Waals surface area contributed by atoms with E-state index >= 15 is 0 Å². The van der Waals surface area contributed by atoms with Crippen molar-refractivity contribution in [2.75, 3.05) is 11.4 Å². The molecule has 2 saturated heterocycles. The van der Waals surface area contributed by atoms with Crippen molar-refractivity contribution in [2.45, 2.75) is 18.6 Å². The maximum absolute atomic E-state index is 13.4. The lowest BCUT2D eigenvalue weighted by atomic mass is 9.77. The Balaban J connectivity index is 1.42. The largest absolute Gasteiger partial charge is 0.360 e. The van der Waals surface area contributed by atoms with Crippen molar-refractivity contribution >= 4 is 29.1 Å². The number of aryl methyl sites for hydroxylation is 1. The second-order valence-corrected chi connectivity index (χ2v) is 8.21. The highest BCUT2D eigenvalue weighted by Crippen LogP contribution is 2.53. The predicted octanol–water partition coefficient (Wildman–Crippen LogP) is 2.15. The van der Waals surface area contributed by atoms with Crippen molar-refractivity contribution in [2.24, 2.45) is 11.8 Å². The number of ether oxygens (including phenoxy) is 1. The molecular formula is C23H19N3O6. The molecule has 3 amide bonds. The summed E-state index contributed by atoms with van der Waals surface area (Å²) in [6, 6.07) is 12.7. The quantitative estimate of drug-likeness (QED) is 0.334. The summed E-state index contributed by atoms with van der Waals surface area (Å²) in [7, 11) is 0. The number of nitro groups is 1. The van der Waals surface area contributed by atoms with Gasteiger partial charge in [-0.15, -0.1) is 0 Å². The monoisotopic (exact) mass is 433 g/mol. The molecule has 0 unspecified atom stereocenters. The summed E-state index contributed by atoms with van der Waals surface area (Å²) in [5, 5.41) is 14.3. The number of carbonyl (C=O) groups is 3. The van der Waals surface area contributed by atoms with Gasteiger partial charge < -0.3 is 10.1 Å². The second kappa shape index (κ2) is 7.10. The lowest BCUT2D eigenvalue weighted by Crippen LogP contribution is -2.48. The zero-order valence-corrected chi connectivity index (χ0v) is 17.1. The number of hydrogen-bond donors (Lipinski definition) is 1. The SMILES string of the molecule is Cc1ccc(C(=O)NC[C@@]23C=C[C@@H](O2)[C@@H]2C(=O)N(c4ccccc4[N+](=O)[O-])C(=O)[C@H]23)cc1.